The number of nitrogens with one attached hydrogen (secondary N) is 3. The van der Waals surface area contributed by atoms with Crippen LogP contribution in [0.5, 0.6) is 0 Å². The average Bonchev–Trinajstić information content (AvgIpc) is 2.97. The molecule has 212 valence electrons. The van der Waals surface area contributed by atoms with E-state index in [-0.39, 0.29) is 18.7 Å². The molecular formula is C31H39N5O4. The molecular weight excluding hydrogens is 506 g/mol. The Balaban J connectivity index is 1.58. The molecule has 1 unspecified atom stereocenters. The number of hydrogen-bond acceptors (Lipinski definition) is 6. The minimum atomic E-state index is -1.03. The van der Waals surface area contributed by atoms with Gasteiger partial charge in [0.1, 0.15) is 11.9 Å². The number of carboxylic acid groups (broad SMARTS) is 1. The number of nitrogens with zero attached hydrogens (tertiary/aromatic N) is 1. The Labute approximate surface area is 235 Å². The van der Waals surface area contributed by atoms with Gasteiger partial charge in [0, 0.05) is 19.2 Å². The van der Waals surface area contributed by atoms with Gasteiger partial charge in [0.25, 0.3) is 0 Å². The van der Waals surface area contributed by atoms with Crippen molar-refractivity contribution in [1.29, 1.82) is 0 Å². The number of amides is 2. The predicted molar refractivity (Wildman–Crippen MR) is 156 cm³/mol. The van der Waals surface area contributed by atoms with Crippen molar-refractivity contribution >= 4 is 23.6 Å². The van der Waals surface area contributed by atoms with E-state index in [1.165, 1.54) is 0 Å². The standard InChI is InChI=1S/C31H39N5O4/c32-19-7-4-12-26(35-29(37)14-6-9-21-34-28-13-5-8-20-33-28)31(40)36-27(22-30(38)39)25-17-15-24(16-18-25)23-10-2-1-3-11-23/h1-3,5,8,10-11,13,15-18,20,26-27H,4,6-7,9,12,14,19,21-22,32H2,(H,33,34)(H,35,37)(H,36,40)(H,38,39)/t26-,27?/m1/s1. The Morgan fingerprint density at radius 1 is 0.825 bits per heavy atom. The normalized spacial score (nSPS) is 12.2. The Morgan fingerprint density at radius 3 is 2.23 bits per heavy atom. The zero-order valence-electron chi connectivity index (χ0n) is 22.7. The lowest BCUT2D eigenvalue weighted by molar-refractivity contribution is -0.138. The van der Waals surface area contributed by atoms with Crippen molar-refractivity contribution in [1.82, 2.24) is 15.6 Å². The van der Waals surface area contributed by atoms with Crippen molar-refractivity contribution in [3.63, 3.8) is 0 Å². The molecule has 9 nitrogen and oxygen atoms in total. The van der Waals surface area contributed by atoms with Crippen LogP contribution < -0.4 is 21.7 Å². The number of pyridine rings is 1. The molecule has 9 heteroatoms. The van der Waals surface area contributed by atoms with Gasteiger partial charge in [-0.2, -0.15) is 0 Å². The highest BCUT2D eigenvalue weighted by Crippen LogP contribution is 2.24. The summed E-state index contributed by atoms with van der Waals surface area (Å²) in [4.78, 5) is 41.8. The molecule has 0 spiro atoms. The fraction of sp³-hybridized carbons (Fsp3) is 0.355. The van der Waals surface area contributed by atoms with E-state index in [9.17, 15) is 19.5 Å². The number of hydrogen-bond donors (Lipinski definition) is 5. The topological polar surface area (TPSA) is 146 Å². The third-order valence-corrected chi connectivity index (χ3v) is 6.52. The molecule has 0 bridgehead atoms. The first-order valence-corrected chi connectivity index (χ1v) is 13.8. The van der Waals surface area contributed by atoms with Crippen molar-refractivity contribution in [3.8, 4) is 11.1 Å². The van der Waals surface area contributed by atoms with Gasteiger partial charge in [-0.3, -0.25) is 14.4 Å². The lowest BCUT2D eigenvalue weighted by Gasteiger charge is -2.23. The Kier molecular flexibility index (Phi) is 12.6. The average molecular weight is 546 g/mol. The number of rotatable bonds is 17. The van der Waals surface area contributed by atoms with Crippen LogP contribution in [0.4, 0.5) is 5.82 Å². The van der Waals surface area contributed by atoms with Gasteiger partial charge in [0.2, 0.25) is 11.8 Å². The SMILES string of the molecule is NCCCC[C@@H](NC(=O)CCCCNc1ccccn1)C(=O)NC(CC(=O)O)c1ccc(-c2ccccc2)cc1. The minimum Gasteiger partial charge on any atom is -0.481 e. The Hall–Kier alpha value is -4.24. The third kappa shape index (κ3) is 10.5. The van der Waals surface area contributed by atoms with Crippen LogP contribution in [0.1, 0.15) is 56.6 Å². The van der Waals surface area contributed by atoms with Crippen molar-refractivity contribution in [2.45, 2.75) is 57.0 Å². The molecule has 0 radical (unpaired) electrons. The molecule has 0 saturated heterocycles. The third-order valence-electron chi connectivity index (χ3n) is 6.52. The molecule has 1 aromatic heterocycles. The zero-order valence-corrected chi connectivity index (χ0v) is 22.7. The number of carbonyl (C=O) groups is 3. The summed E-state index contributed by atoms with van der Waals surface area (Å²) in [6, 6.07) is 21.5. The van der Waals surface area contributed by atoms with Gasteiger partial charge in [0.05, 0.1) is 12.5 Å². The highest BCUT2D eigenvalue weighted by molar-refractivity contribution is 5.88. The first kappa shape index (κ1) is 30.3. The number of aromatic nitrogens is 1. The number of aliphatic carboxylic acids is 1. The molecule has 2 amide bonds. The van der Waals surface area contributed by atoms with Crippen molar-refractivity contribution in [2.75, 3.05) is 18.4 Å². The maximum atomic E-state index is 13.3. The maximum absolute atomic E-state index is 13.3. The molecule has 1 heterocycles. The second-order valence-electron chi connectivity index (χ2n) is 9.65. The van der Waals surface area contributed by atoms with Gasteiger partial charge in [-0.05, 0) is 67.5 Å². The van der Waals surface area contributed by atoms with Crippen LogP contribution in [0.3, 0.4) is 0 Å². The van der Waals surface area contributed by atoms with E-state index in [1.807, 2.05) is 72.8 Å². The summed E-state index contributed by atoms with van der Waals surface area (Å²) in [5.41, 5.74) is 8.35. The van der Waals surface area contributed by atoms with E-state index < -0.39 is 24.0 Å². The van der Waals surface area contributed by atoms with Gasteiger partial charge in [0.15, 0.2) is 0 Å². The summed E-state index contributed by atoms with van der Waals surface area (Å²) < 4.78 is 0. The molecule has 0 aliphatic carbocycles. The lowest BCUT2D eigenvalue weighted by atomic mass is 9.98. The van der Waals surface area contributed by atoms with Crippen LogP contribution in [-0.4, -0.2) is 47.0 Å². The number of nitrogens with two attached hydrogens (primary N) is 1. The van der Waals surface area contributed by atoms with E-state index >= 15 is 0 Å². The van der Waals surface area contributed by atoms with Crippen molar-refractivity contribution < 1.29 is 19.5 Å². The van der Waals surface area contributed by atoms with Gasteiger partial charge in [-0.25, -0.2) is 4.98 Å². The van der Waals surface area contributed by atoms with E-state index in [0.29, 0.717) is 37.9 Å². The quantitative estimate of drug-likeness (QED) is 0.159. The highest BCUT2D eigenvalue weighted by Gasteiger charge is 2.25. The molecule has 0 aliphatic rings. The molecule has 0 aliphatic heterocycles. The molecule has 0 fully saturated rings. The van der Waals surface area contributed by atoms with Crippen LogP contribution in [-0.2, 0) is 14.4 Å². The van der Waals surface area contributed by atoms with Gasteiger partial charge in [-0.15, -0.1) is 0 Å². The largest absolute Gasteiger partial charge is 0.481 e. The maximum Gasteiger partial charge on any atom is 0.305 e. The van der Waals surface area contributed by atoms with E-state index in [1.54, 1.807) is 6.20 Å². The monoisotopic (exact) mass is 545 g/mol. The molecule has 0 saturated carbocycles. The van der Waals surface area contributed by atoms with Crippen molar-refractivity contribution in [3.05, 3.63) is 84.6 Å². The van der Waals surface area contributed by atoms with Crippen LogP contribution in [0.25, 0.3) is 11.1 Å². The highest BCUT2D eigenvalue weighted by atomic mass is 16.4. The van der Waals surface area contributed by atoms with Crippen LogP contribution in [0, 0.1) is 0 Å². The smallest absolute Gasteiger partial charge is 0.305 e. The van der Waals surface area contributed by atoms with Gasteiger partial charge in [-0.1, -0.05) is 60.7 Å². The summed E-state index contributed by atoms with van der Waals surface area (Å²) >= 11 is 0. The fourth-order valence-electron chi connectivity index (χ4n) is 4.36. The van der Waals surface area contributed by atoms with E-state index in [0.717, 1.165) is 29.8 Å². The fourth-order valence-corrected chi connectivity index (χ4v) is 4.36. The summed E-state index contributed by atoms with van der Waals surface area (Å²) in [6.07, 6.45) is 4.95. The number of carboxylic acids is 1. The van der Waals surface area contributed by atoms with Crippen LogP contribution >= 0.6 is 0 Å². The number of unbranched alkanes of at least 4 members (excludes halogenated alkanes) is 2. The first-order chi connectivity index (χ1) is 19.5. The van der Waals surface area contributed by atoms with Crippen molar-refractivity contribution in [2.24, 2.45) is 5.73 Å². The lowest BCUT2D eigenvalue weighted by Crippen LogP contribution is -2.48. The molecule has 40 heavy (non-hydrogen) atoms. The van der Waals surface area contributed by atoms with Gasteiger partial charge < -0.3 is 26.8 Å². The van der Waals surface area contributed by atoms with E-state index in [2.05, 4.69) is 20.9 Å². The molecule has 3 rings (SSSR count). The first-order valence-electron chi connectivity index (χ1n) is 13.8. The second kappa shape index (κ2) is 16.7. The van der Waals surface area contributed by atoms with E-state index in [4.69, 9.17) is 5.73 Å². The second-order valence-corrected chi connectivity index (χ2v) is 9.65. The summed E-state index contributed by atoms with van der Waals surface area (Å²) in [5.74, 6) is -0.858. The summed E-state index contributed by atoms with van der Waals surface area (Å²) in [6.45, 7) is 1.17. The van der Waals surface area contributed by atoms with Crippen LogP contribution in [0.15, 0.2) is 79.0 Å². The molecule has 6 N–H and O–H groups in total. The number of anilines is 1. The molecule has 3 aromatic rings. The Morgan fingerprint density at radius 2 is 1.55 bits per heavy atom. The number of carbonyl (C=O) groups excluding carboxylic acids is 2. The Bertz CT molecular complexity index is 1190. The zero-order chi connectivity index (χ0) is 28.6. The minimum absolute atomic E-state index is 0.215. The predicted octanol–water partition coefficient (Wildman–Crippen LogP) is 4.28. The van der Waals surface area contributed by atoms with Crippen LogP contribution in [0.2, 0.25) is 0 Å². The van der Waals surface area contributed by atoms with Gasteiger partial charge >= 0.3 is 5.97 Å². The summed E-state index contributed by atoms with van der Waals surface area (Å²) in [7, 11) is 0. The number of benzene rings is 2. The molecule has 2 aromatic carbocycles. The molecule has 2 atom stereocenters. The summed E-state index contributed by atoms with van der Waals surface area (Å²) in [5, 5.41) is 18.4.